The Morgan fingerprint density at radius 2 is 1.63 bits per heavy atom. The molecule has 1 amide bonds. The Hall–Kier alpha value is -4.85. The summed E-state index contributed by atoms with van der Waals surface area (Å²) in [5.41, 5.74) is 3.30. The van der Waals surface area contributed by atoms with Crippen LogP contribution in [0.5, 0.6) is 5.75 Å². The molecule has 0 spiro atoms. The van der Waals surface area contributed by atoms with E-state index in [1.165, 1.54) is 19.1 Å². The minimum Gasteiger partial charge on any atom is -0.507 e. The van der Waals surface area contributed by atoms with Crippen LogP contribution in [-0.4, -0.2) is 53.4 Å². The highest BCUT2D eigenvalue weighted by molar-refractivity contribution is 6.46. The first-order valence-electron chi connectivity index (χ1n) is 12.1. The molecule has 38 heavy (non-hydrogen) atoms. The number of amides is 1. The summed E-state index contributed by atoms with van der Waals surface area (Å²) in [6.45, 7) is 0.245. The van der Waals surface area contributed by atoms with Crippen molar-refractivity contribution in [1.82, 2.24) is 9.88 Å². The number of nitrogens with one attached hydrogen (secondary N) is 1. The number of carbonyl (C=O) groups is 3. The fourth-order valence-electron chi connectivity index (χ4n) is 4.86. The molecule has 1 unspecified atom stereocenters. The topological polar surface area (TPSA) is 109 Å². The number of esters is 1. The number of hydrogen-bond acceptors (Lipinski definition) is 6. The number of likely N-dealkylation sites (tertiary alicyclic amines) is 1. The molecule has 8 nitrogen and oxygen atoms in total. The van der Waals surface area contributed by atoms with Gasteiger partial charge in [-0.1, -0.05) is 30.3 Å². The highest BCUT2D eigenvalue weighted by atomic mass is 16.5. The second-order valence-corrected chi connectivity index (χ2v) is 8.94. The van der Waals surface area contributed by atoms with E-state index in [1.807, 2.05) is 30.5 Å². The number of ketones is 1. The Bertz CT molecular complexity index is 1550. The summed E-state index contributed by atoms with van der Waals surface area (Å²) in [6.07, 6.45) is 2.40. The first-order chi connectivity index (χ1) is 18.4. The van der Waals surface area contributed by atoms with E-state index in [0.717, 1.165) is 16.5 Å². The Morgan fingerprint density at radius 1 is 0.947 bits per heavy atom. The molecule has 192 valence electrons. The standard InChI is InChI=1S/C30H26N2O6/c1-37-22-13-11-19(12-14-22)27(33)25-26(18-7-9-20(10-8-18)30(36)38-2)32(29(35)28(25)34)16-15-21-17-31-24-6-4-3-5-23(21)24/h3-14,17,26,31,33H,15-16H2,1-2H3/b27-25+. The molecular formula is C30H26N2O6. The normalized spacial score (nSPS) is 16.7. The number of ether oxygens (including phenoxy) is 2. The van der Waals surface area contributed by atoms with Crippen molar-refractivity contribution in [2.75, 3.05) is 20.8 Å². The van der Waals surface area contributed by atoms with Crippen LogP contribution in [0.3, 0.4) is 0 Å². The number of rotatable bonds is 7. The monoisotopic (exact) mass is 510 g/mol. The maximum atomic E-state index is 13.3. The van der Waals surface area contributed by atoms with Crippen LogP contribution in [0.15, 0.2) is 84.6 Å². The van der Waals surface area contributed by atoms with Crippen LogP contribution in [-0.2, 0) is 20.7 Å². The fraction of sp³-hybridized carbons (Fsp3) is 0.167. The van der Waals surface area contributed by atoms with Crippen molar-refractivity contribution in [1.29, 1.82) is 0 Å². The van der Waals surface area contributed by atoms with Gasteiger partial charge in [-0.2, -0.15) is 0 Å². The maximum Gasteiger partial charge on any atom is 0.337 e. The Morgan fingerprint density at radius 3 is 2.32 bits per heavy atom. The number of H-pyrrole nitrogens is 1. The number of aromatic nitrogens is 1. The molecule has 0 saturated carbocycles. The first-order valence-corrected chi connectivity index (χ1v) is 12.1. The van der Waals surface area contributed by atoms with Crippen LogP contribution in [0.1, 0.15) is 33.1 Å². The summed E-state index contributed by atoms with van der Waals surface area (Å²) in [4.78, 5) is 43.3. The number of aliphatic hydroxyl groups is 1. The van der Waals surface area contributed by atoms with Crippen molar-refractivity contribution in [3.05, 3.63) is 107 Å². The van der Waals surface area contributed by atoms with Gasteiger partial charge in [-0.3, -0.25) is 9.59 Å². The van der Waals surface area contributed by atoms with Crippen LogP contribution in [0, 0.1) is 0 Å². The summed E-state index contributed by atoms with van der Waals surface area (Å²) in [5.74, 6) is -1.64. The van der Waals surface area contributed by atoms with E-state index in [0.29, 0.717) is 28.9 Å². The fourth-order valence-corrected chi connectivity index (χ4v) is 4.86. The summed E-state index contributed by atoms with van der Waals surface area (Å²) in [6, 6.07) is 20.1. The molecule has 3 aromatic carbocycles. The van der Waals surface area contributed by atoms with Gasteiger partial charge in [-0.15, -0.1) is 0 Å². The Labute approximate surface area is 219 Å². The van der Waals surface area contributed by atoms with Gasteiger partial charge in [-0.25, -0.2) is 4.79 Å². The minimum absolute atomic E-state index is 0.00934. The largest absolute Gasteiger partial charge is 0.507 e. The van der Waals surface area contributed by atoms with Crippen molar-refractivity contribution in [3.63, 3.8) is 0 Å². The summed E-state index contributed by atoms with van der Waals surface area (Å²) < 4.78 is 9.98. The van der Waals surface area contributed by atoms with Crippen molar-refractivity contribution < 1.29 is 29.0 Å². The summed E-state index contributed by atoms with van der Waals surface area (Å²) in [7, 11) is 2.83. The molecule has 1 aliphatic heterocycles. The van der Waals surface area contributed by atoms with E-state index in [2.05, 4.69) is 4.98 Å². The number of aliphatic hydroxyl groups excluding tert-OH is 1. The van der Waals surface area contributed by atoms with Crippen LogP contribution in [0.2, 0.25) is 0 Å². The molecule has 5 rings (SSSR count). The lowest BCUT2D eigenvalue weighted by molar-refractivity contribution is -0.139. The number of methoxy groups -OCH3 is 2. The van der Waals surface area contributed by atoms with E-state index in [4.69, 9.17) is 9.47 Å². The van der Waals surface area contributed by atoms with E-state index in [-0.39, 0.29) is 17.9 Å². The van der Waals surface area contributed by atoms with E-state index < -0.39 is 23.7 Å². The number of nitrogens with zero attached hydrogens (tertiary/aromatic N) is 1. The molecule has 0 radical (unpaired) electrons. The molecule has 0 aliphatic carbocycles. The molecule has 8 heteroatoms. The van der Waals surface area contributed by atoms with Crippen LogP contribution < -0.4 is 4.74 Å². The average molecular weight is 511 g/mol. The summed E-state index contributed by atoms with van der Waals surface area (Å²) in [5, 5.41) is 12.3. The average Bonchev–Trinajstić information content (AvgIpc) is 3.49. The van der Waals surface area contributed by atoms with Crippen LogP contribution in [0.4, 0.5) is 0 Å². The molecule has 4 aromatic rings. The van der Waals surface area contributed by atoms with Gasteiger partial charge >= 0.3 is 5.97 Å². The number of para-hydroxylation sites is 1. The maximum absolute atomic E-state index is 13.3. The highest BCUT2D eigenvalue weighted by Crippen LogP contribution is 2.40. The third-order valence-corrected chi connectivity index (χ3v) is 6.85. The number of hydrogen-bond donors (Lipinski definition) is 2. The van der Waals surface area contributed by atoms with Gasteiger partial charge in [0, 0.05) is 29.2 Å². The van der Waals surface area contributed by atoms with Gasteiger partial charge in [-0.05, 0) is 60.0 Å². The summed E-state index contributed by atoms with van der Waals surface area (Å²) >= 11 is 0. The van der Waals surface area contributed by atoms with Crippen LogP contribution >= 0.6 is 0 Å². The molecule has 1 saturated heterocycles. The number of carbonyl (C=O) groups excluding carboxylic acids is 3. The van der Waals surface area contributed by atoms with Crippen molar-refractivity contribution in [2.45, 2.75) is 12.5 Å². The molecular weight excluding hydrogens is 484 g/mol. The number of benzene rings is 3. The molecule has 0 bridgehead atoms. The Balaban J connectivity index is 1.56. The third-order valence-electron chi connectivity index (χ3n) is 6.85. The quantitative estimate of drug-likeness (QED) is 0.162. The smallest absolute Gasteiger partial charge is 0.337 e. The number of fused-ring (bicyclic) bond motifs is 1. The van der Waals surface area contributed by atoms with Gasteiger partial charge in [0.05, 0.1) is 31.4 Å². The first kappa shape index (κ1) is 24.8. The van der Waals surface area contributed by atoms with E-state index in [1.54, 1.807) is 48.5 Å². The molecule has 1 aliphatic rings. The number of aromatic amines is 1. The van der Waals surface area contributed by atoms with E-state index in [9.17, 15) is 19.5 Å². The van der Waals surface area contributed by atoms with Gasteiger partial charge in [0.25, 0.3) is 11.7 Å². The van der Waals surface area contributed by atoms with Crippen molar-refractivity contribution in [2.24, 2.45) is 0 Å². The van der Waals surface area contributed by atoms with Gasteiger partial charge in [0.2, 0.25) is 0 Å². The van der Waals surface area contributed by atoms with Gasteiger partial charge in [0.15, 0.2) is 0 Å². The molecule has 2 N–H and O–H groups in total. The lowest BCUT2D eigenvalue weighted by Crippen LogP contribution is -2.31. The van der Waals surface area contributed by atoms with Crippen molar-refractivity contribution in [3.8, 4) is 5.75 Å². The zero-order valence-corrected chi connectivity index (χ0v) is 20.9. The predicted octanol–water partition coefficient (Wildman–Crippen LogP) is 4.63. The lowest BCUT2D eigenvalue weighted by atomic mass is 9.94. The molecule has 2 heterocycles. The van der Waals surface area contributed by atoms with Gasteiger partial charge in [0.1, 0.15) is 11.5 Å². The SMILES string of the molecule is COC(=O)c1ccc(C2/C(=C(\O)c3ccc(OC)cc3)C(=O)C(=O)N2CCc2c[nH]c3ccccc23)cc1. The molecule has 1 fully saturated rings. The second-order valence-electron chi connectivity index (χ2n) is 8.94. The van der Waals surface area contributed by atoms with Gasteiger partial charge < -0.3 is 24.5 Å². The third kappa shape index (κ3) is 4.41. The lowest BCUT2D eigenvalue weighted by Gasteiger charge is -2.25. The predicted molar refractivity (Wildman–Crippen MR) is 142 cm³/mol. The zero-order valence-electron chi connectivity index (χ0n) is 20.9. The van der Waals surface area contributed by atoms with E-state index >= 15 is 0 Å². The Kier molecular flexibility index (Phi) is 6.70. The molecule has 1 atom stereocenters. The van der Waals surface area contributed by atoms with Crippen molar-refractivity contribution >= 4 is 34.3 Å². The van der Waals surface area contributed by atoms with Crippen LogP contribution in [0.25, 0.3) is 16.7 Å². The number of Topliss-reactive ketones (excluding diaryl/α,β-unsaturated/α-hetero) is 1. The minimum atomic E-state index is -0.839. The second kappa shape index (κ2) is 10.3. The zero-order chi connectivity index (χ0) is 26.8. The highest BCUT2D eigenvalue weighted by Gasteiger charge is 2.45. The molecule has 1 aromatic heterocycles.